The van der Waals surface area contributed by atoms with E-state index < -0.39 is 18.1 Å². The monoisotopic (exact) mass is 464 g/mol. The molecule has 3 N–H and O–H groups in total. The molecule has 0 spiro atoms. The van der Waals surface area contributed by atoms with E-state index in [0.717, 1.165) is 47.9 Å². The van der Waals surface area contributed by atoms with Crippen LogP contribution in [0.3, 0.4) is 0 Å². The van der Waals surface area contributed by atoms with Gasteiger partial charge < -0.3 is 20.5 Å². The molecule has 7 nitrogen and oxygen atoms in total. The first-order valence-corrected chi connectivity index (χ1v) is 12.1. The summed E-state index contributed by atoms with van der Waals surface area (Å²) in [6.07, 6.45) is 3.77. The first-order chi connectivity index (χ1) is 16.5. The Hall–Kier alpha value is -3.35. The van der Waals surface area contributed by atoms with Crippen LogP contribution in [0, 0.1) is 5.92 Å². The third-order valence-electron chi connectivity index (χ3n) is 7.06. The number of rotatable bonds is 9. The summed E-state index contributed by atoms with van der Waals surface area (Å²) >= 11 is 0. The molecule has 0 radical (unpaired) electrons. The Balaban J connectivity index is 1.39. The van der Waals surface area contributed by atoms with Gasteiger partial charge in [0.05, 0.1) is 0 Å². The lowest BCUT2D eigenvalue weighted by molar-refractivity contribution is -0.142. The van der Waals surface area contributed by atoms with Crippen molar-refractivity contribution in [1.29, 1.82) is 0 Å². The Bertz CT molecular complexity index is 1000. The fraction of sp³-hybridized carbons (Fsp3) is 0.444. The van der Waals surface area contributed by atoms with Gasteiger partial charge in [-0.05, 0) is 47.4 Å². The largest absolute Gasteiger partial charge is 0.480 e. The van der Waals surface area contributed by atoms with E-state index in [2.05, 4.69) is 34.9 Å². The molecule has 180 valence electrons. The molecular formula is C27H32N2O5. The van der Waals surface area contributed by atoms with Crippen LogP contribution in [0.15, 0.2) is 48.5 Å². The number of ether oxygens (including phenoxy) is 1. The first kappa shape index (κ1) is 23.8. The lowest BCUT2D eigenvalue weighted by atomic mass is 9.95. The number of benzene rings is 2. The summed E-state index contributed by atoms with van der Waals surface area (Å²) in [6, 6.07) is 15.0. The number of aliphatic carboxylic acids is 1. The molecule has 34 heavy (non-hydrogen) atoms. The second-order valence-corrected chi connectivity index (χ2v) is 9.19. The molecule has 0 heterocycles. The van der Waals surface area contributed by atoms with Gasteiger partial charge in [0.1, 0.15) is 12.6 Å². The van der Waals surface area contributed by atoms with Crippen molar-refractivity contribution >= 4 is 18.0 Å². The highest BCUT2D eigenvalue weighted by atomic mass is 16.5. The molecule has 2 aliphatic rings. The molecule has 0 saturated heterocycles. The molecule has 2 amide bonds. The Kier molecular flexibility index (Phi) is 7.50. The minimum absolute atomic E-state index is 0.0349. The zero-order chi connectivity index (χ0) is 24.1. The maximum atomic E-state index is 12.8. The number of hydrogen-bond acceptors (Lipinski definition) is 4. The van der Waals surface area contributed by atoms with E-state index in [0.29, 0.717) is 6.42 Å². The van der Waals surface area contributed by atoms with E-state index in [-0.39, 0.29) is 36.8 Å². The van der Waals surface area contributed by atoms with Gasteiger partial charge in [-0.15, -0.1) is 0 Å². The average molecular weight is 465 g/mol. The number of carboxylic acid groups (broad SMARTS) is 1. The van der Waals surface area contributed by atoms with Gasteiger partial charge >= 0.3 is 12.1 Å². The Labute approximate surface area is 199 Å². The van der Waals surface area contributed by atoms with Crippen molar-refractivity contribution in [2.75, 3.05) is 6.61 Å². The van der Waals surface area contributed by atoms with Crippen LogP contribution < -0.4 is 10.6 Å². The summed E-state index contributed by atoms with van der Waals surface area (Å²) in [4.78, 5) is 36.6. The molecule has 2 atom stereocenters. The Morgan fingerprint density at radius 2 is 1.56 bits per heavy atom. The lowest BCUT2D eigenvalue weighted by Crippen LogP contribution is -2.46. The van der Waals surface area contributed by atoms with E-state index in [4.69, 9.17) is 4.74 Å². The minimum atomic E-state index is -1.06. The van der Waals surface area contributed by atoms with Crippen LogP contribution in [-0.2, 0) is 14.3 Å². The molecule has 0 aromatic heterocycles. The van der Waals surface area contributed by atoms with Crippen LogP contribution in [0.5, 0.6) is 0 Å². The third kappa shape index (κ3) is 5.24. The Morgan fingerprint density at radius 1 is 0.971 bits per heavy atom. The number of amides is 2. The molecule has 2 aromatic rings. The highest BCUT2D eigenvalue weighted by molar-refractivity contribution is 5.84. The predicted octanol–water partition coefficient (Wildman–Crippen LogP) is 4.45. The highest BCUT2D eigenvalue weighted by Gasteiger charge is 2.32. The number of fused-ring (bicyclic) bond motifs is 3. The molecular weight excluding hydrogens is 432 g/mol. The molecule has 1 fully saturated rings. The van der Waals surface area contributed by atoms with Crippen molar-refractivity contribution in [3.63, 3.8) is 0 Å². The van der Waals surface area contributed by atoms with Gasteiger partial charge in [0.15, 0.2) is 0 Å². The van der Waals surface area contributed by atoms with E-state index in [1.54, 1.807) is 6.92 Å². The van der Waals surface area contributed by atoms with Crippen molar-refractivity contribution < 1.29 is 24.2 Å². The molecule has 0 bridgehead atoms. The van der Waals surface area contributed by atoms with Gasteiger partial charge in [-0.3, -0.25) is 4.79 Å². The minimum Gasteiger partial charge on any atom is -0.480 e. The van der Waals surface area contributed by atoms with Crippen LogP contribution in [0.1, 0.15) is 62.5 Å². The van der Waals surface area contributed by atoms with Crippen LogP contribution >= 0.6 is 0 Å². The number of alkyl carbamates (subject to hydrolysis) is 1. The second kappa shape index (κ2) is 10.7. The summed E-state index contributed by atoms with van der Waals surface area (Å²) in [7, 11) is 0. The van der Waals surface area contributed by atoms with Crippen LogP contribution in [0.25, 0.3) is 11.1 Å². The fourth-order valence-electron chi connectivity index (χ4n) is 5.28. The van der Waals surface area contributed by atoms with Gasteiger partial charge in [0.2, 0.25) is 5.91 Å². The lowest BCUT2D eigenvalue weighted by Gasteiger charge is -2.25. The number of hydrogen-bond donors (Lipinski definition) is 3. The molecule has 2 unspecified atom stereocenters. The quantitative estimate of drug-likeness (QED) is 0.508. The van der Waals surface area contributed by atoms with E-state index in [1.165, 1.54) is 0 Å². The summed E-state index contributed by atoms with van der Waals surface area (Å²) in [5.74, 6) is -1.29. The molecule has 4 rings (SSSR count). The zero-order valence-electron chi connectivity index (χ0n) is 19.5. The van der Waals surface area contributed by atoms with Crippen molar-refractivity contribution in [1.82, 2.24) is 10.6 Å². The average Bonchev–Trinajstić information content (AvgIpc) is 3.47. The van der Waals surface area contributed by atoms with Crippen molar-refractivity contribution in [2.24, 2.45) is 5.92 Å². The predicted molar refractivity (Wildman–Crippen MR) is 128 cm³/mol. The van der Waals surface area contributed by atoms with Crippen molar-refractivity contribution in [3.8, 4) is 11.1 Å². The highest BCUT2D eigenvalue weighted by Crippen LogP contribution is 2.44. The first-order valence-electron chi connectivity index (χ1n) is 12.1. The number of carbonyl (C=O) groups excluding carboxylic acids is 2. The number of nitrogens with one attached hydrogen (secondary N) is 2. The maximum absolute atomic E-state index is 12.8. The standard InChI is InChI=1S/C27H32N2O5/c1-2-23(26(31)32)28-25(30)15-24(17-9-3-4-10-17)29-27(33)34-16-22-20-13-7-5-11-18(20)19-12-6-8-14-21(19)22/h5-8,11-14,17,22-24H,2-4,9-10,15-16H2,1H3,(H,28,30)(H,29,33)(H,31,32). The van der Waals surface area contributed by atoms with Crippen molar-refractivity contribution in [2.45, 2.75) is 63.5 Å². The van der Waals surface area contributed by atoms with Gasteiger partial charge in [-0.25, -0.2) is 9.59 Å². The topological polar surface area (TPSA) is 105 Å². The maximum Gasteiger partial charge on any atom is 0.407 e. The van der Waals surface area contributed by atoms with Gasteiger partial charge in [-0.2, -0.15) is 0 Å². The molecule has 2 aromatic carbocycles. The third-order valence-corrected chi connectivity index (χ3v) is 7.06. The molecule has 0 aliphatic heterocycles. The summed E-state index contributed by atoms with van der Waals surface area (Å²) in [5.41, 5.74) is 4.61. The normalized spacial score (nSPS) is 16.9. The molecule has 7 heteroatoms. The molecule has 2 aliphatic carbocycles. The van der Waals surface area contributed by atoms with E-state index in [9.17, 15) is 19.5 Å². The SMILES string of the molecule is CCC(NC(=O)CC(NC(=O)OCC1c2ccccc2-c2ccccc21)C1CCCC1)C(=O)O. The van der Waals surface area contributed by atoms with Crippen LogP contribution in [-0.4, -0.2) is 41.8 Å². The van der Waals surface area contributed by atoms with Gasteiger partial charge in [0, 0.05) is 18.4 Å². The summed E-state index contributed by atoms with van der Waals surface area (Å²) < 4.78 is 5.68. The number of carbonyl (C=O) groups is 3. The number of carboxylic acids is 1. The van der Waals surface area contributed by atoms with Crippen molar-refractivity contribution in [3.05, 3.63) is 59.7 Å². The summed E-state index contributed by atoms with van der Waals surface area (Å²) in [5, 5.41) is 14.7. The fourth-order valence-corrected chi connectivity index (χ4v) is 5.28. The van der Waals surface area contributed by atoms with E-state index in [1.807, 2.05) is 24.3 Å². The zero-order valence-corrected chi connectivity index (χ0v) is 19.5. The van der Waals surface area contributed by atoms with Crippen LogP contribution in [0.2, 0.25) is 0 Å². The van der Waals surface area contributed by atoms with Crippen LogP contribution in [0.4, 0.5) is 4.79 Å². The molecule has 1 saturated carbocycles. The second-order valence-electron chi connectivity index (χ2n) is 9.19. The van der Waals surface area contributed by atoms with Gasteiger partial charge in [-0.1, -0.05) is 68.3 Å². The van der Waals surface area contributed by atoms with Gasteiger partial charge in [0.25, 0.3) is 0 Å². The smallest absolute Gasteiger partial charge is 0.407 e. The summed E-state index contributed by atoms with van der Waals surface area (Å²) in [6.45, 7) is 1.92. The Morgan fingerprint density at radius 3 is 2.12 bits per heavy atom. The van der Waals surface area contributed by atoms with E-state index >= 15 is 0 Å².